The molecular formula is C18H38N3+. The quantitative estimate of drug-likeness (QED) is 0.416. The Bertz CT molecular complexity index is 286. The van der Waals surface area contributed by atoms with Crippen molar-refractivity contribution in [3.05, 3.63) is 0 Å². The average molecular weight is 297 g/mol. The van der Waals surface area contributed by atoms with E-state index in [1.807, 2.05) is 0 Å². The van der Waals surface area contributed by atoms with Gasteiger partial charge in [0.05, 0.1) is 13.1 Å². The highest BCUT2D eigenvalue weighted by molar-refractivity contribution is 5.78. The fraction of sp³-hybridized carbons (Fsp3) is 0.944. The third-order valence-electron chi connectivity index (χ3n) is 4.65. The van der Waals surface area contributed by atoms with Crippen LogP contribution in [0.3, 0.4) is 0 Å². The van der Waals surface area contributed by atoms with E-state index >= 15 is 0 Å². The summed E-state index contributed by atoms with van der Waals surface area (Å²) in [6.07, 6.45) is 13.9. The lowest BCUT2D eigenvalue weighted by Gasteiger charge is -2.11. The van der Waals surface area contributed by atoms with E-state index < -0.39 is 0 Å². The number of rotatable bonds is 13. The van der Waals surface area contributed by atoms with E-state index in [0.29, 0.717) is 0 Å². The van der Waals surface area contributed by atoms with Crippen molar-refractivity contribution in [2.75, 3.05) is 32.7 Å². The van der Waals surface area contributed by atoms with Gasteiger partial charge in [0, 0.05) is 13.0 Å². The molecule has 124 valence electrons. The number of nitrogens with zero attached hydrogens (tertiary/aromatic N) is 2. The van der Waals surface area contributed by atoms with Gasteiger partial charge in [-0.3, -0.25) is 9.48 Å². The molecule has 0 saturated carbocycles. The number of likely N-dealkylation sites (N-methyl/N-ethyl adjacent to an activating group) is 1. The van der Waals surface area contributed by atoms with Gasteiger partial charge in [-0.25, -0.2) is 0 Å². The first-order valence-corrected chi connectivity index (χ1v) is 9.39. The minimum atomic E-state index is 0.777. The SMILES string of the molecule is CCCCCCCCCCCC1=[N+](CCN)CCN1CC. The van der Waals surface area contributed by atoms with Crippen LogP contribution in [0.2, 0.25) is 0 Å². The van der Waals surface area contributed by atoms with Crippen molar-refractivity contribution in [1.82, 2.24) is 4.90 Å². The molecule has 0 saturated heterocycles. The minimum absolute atomic E-state index is 0.777. The molecule has 1 aliphatic rings. The van der Waals surface area contributed by atoms with Crippen LogP contribution in [0.15, 0.2) is 0 Å². The lowest BCUT2D eigenvalue weighted by molar-refractivity contribution is -0.516. The first kappa shape index (κ1) is 18.5. The molecule has 2 N–H and O–H groups in total. The standard InChI is InChI=1S/C18H38N3/c1-3-5-6-7-8-9-10-11-12-13-18-20(4-2)16-17-21(18)15-14-19/h3-17,19H2,1-2H3/q+1. The minimum Gasteiger partial charge on any atom is -0.327 e. The van der Waals surface area contributed by atoms with Gasteiger partial charge in [0.2, 0.25) is 5.84 Å². The van der Waals surface area contributed by atoms with Crippen LogP contribution in [0.5, 0.6) is 0 Å². The number of hydrogen-bond donors (Lipinski definition) is 1. The van der Waals surface area contributed by atoms with Crippen LogP contribution in [0.4, 0.5) is 0 Å². The first-order valence-electron chi connectivity index (χ1n) is 9.39. The van der Waals surface area contributed by atoms with Gasteiger partial charge in [-0.05, 0) is 13.3 Å². The number of hydrogen-bond acceptors (Lipinski definition) is 2. The summed E-state index contributed by atoms with van der Waals surface area (Å²) in [5.74, 6) is 1.56. The van der Waals surface area contributed by atoms with E-state index in [2.05, 4.69) is 23.3 Å². The smallest absolute Gasteiger partial charge is 0.247 e. The molecule has 0 unspecified atom stereocenters. The van der Waals surface area contributed by atoms with Crippen molar-refractivity contribution < 1.29 is 4.58 Å². The van der Waals surface area contributed by atoms with Crippen LogP contribution < -0.4 is 5.73 Å². The molecule has 3 heteroatoms. The molecule has 3 nitrogen and oxygen atoms in total. The second-order valence-corrected chi connectivity index (χ2v) is 6.35. The summed E-state index contributed by atoms with van der Waals surface area (Å²) in [4.78, 5) is 2.54. The van der Waals surface area contributed by atoms with Crippen LogP contribution in [0.25, 0.3) is 0 Å². The van der Waals surface area contributed by atoms with E-state index in [9.17, 15) is 0 Å². The predicted octanol–water partition coefficient (Wildman–Crippen LogP) is 3.61. The molecule has 0 radical (unpaired) electrons. The monoisotopic (exact) mass is 296 g/mol. The fourth-order valence-electron chi connectivity index (χ4n) is 3.35. The molecule has 0 atom stereocenters. The van der Waals surface area contributed by atoms with Gasteiger partial charge in [0.15, 0.2) is 0 Å². The topological polar surface area (TPSA) is 32.3 Å². The zero-order valence-corrected chi connectivity index (χ0v) is 14.6. The molecule has 1 rings (SSSR count). The summed E-state index contributed by atoms with van der Waals surface area (Å²) in [6, 6.07) is 0. The Morgan fingerprint density at radius 2 is 1.57 bits per heavy atom. The largest absolute Gasteiger partial charge is 0.327 e. The van der Waals surface area contributed by atoms with Gasteiger partial charge in [-0.15, -0.1) is 0 Å². The first-order chi connectivity index (χ1) is 10.3. The Balaban J connectivity index is 2.11. The Hall–Kier alpha value is -0.570. The van der Waals surface area contributed by atoms with Crippen LogP contribution in [-0.4, -0.2) is 48.0 Å². The zero-order valence-electron chi connectivity index (χ0n) is 14.6. The second kappa shape index (κ2) is 12.0. The Morgan fingerprint density at radius 1 is 0.952 bits per heavy atom. The summed E-state index contributed by atoms with van der Waals surface area (Å²) < 4.78 is 2.51. The van der Waals surface area contributed by atoms with Gasteiger partial charge in [-0.1, -0.05) is 58.3 Å². The summed E-state index contributed by atoms with van der Waals surface area (Å²) >= 11 is 0. The maximum absolute atomic E-state index is 5.73. The van der Waals surface area contributed by atoms with E-state index in [1.54, 1.807) is 5.84 Å². The molecule has 0 spiro atoms. The van der Waals surface area contributed by atoms with Gasteiger partial charge in [0.25, 0.3) is 0 Å². The molecule has 0 aromatic carbocycles. The highest BCUT2D eigenvalue weighted by atomic mass is 15.3. The molecular weight excluding hydrogens is 258 g/mol. The maximum Gasteiger partial charge on any atom is 0.247 e. The van der Waals surface area contributed by atoms with Crippen molar-refractivity contribution in [3.8, 4) is 0 Å². The van der Waals surface area contributed by atoms with Crippen LogP contribution in [0.1, 0.15) is 78.1 Å². The molecule has 0 fully saturated rings. The zero-order chi connectivity index (χ0) is 15.3. The molecule has 1 heterocycles. The van der Waals surface area contributed by atoms with E-state index in [4.69, 9.17) is 5.73 Å². The molecule has 0 aromatic heterocycles. The molecule has 0 aromatic rings. The highest BCUT2D eigenvalue weighted by Crippen LogP contribution is 2.13. The van der Waals surface area contributed by atoms with Crippen LogP contribution >= 0.6 is 0 Å². The van der Waals surface area contributed by atoms with Crippen LogP contribution in [-0.2, 0) is 0 Å². The van der Waals surface area contributed by atoms with E-state index in [-0.39, 0.29) is 0 Å². The van der Waals surface area contributed by atoms with Crippen molar-refractivity contribution in [2.24, 2.45) is 5.73 Å². The van der Waals surface area contributed by atoms with Crippen molar-refractivity contribution in [2.45, 2.75) is 78.1 Å². The Labute approximate surface area is 132 Å². The van der Waals surface area contributed by atoms with Gasteiger partial charge >= 0.3 is 0 Å². The average Bonchev–Trinajstić information content (AvgIpc) is 2.88. The number of nitrogens with two attached hydrogens (primary N) is 1. The normalized spacial score (nSPS) is 15.3. The predicted molar refractivity (Wildman–Crippen MR) is 93.1 cm³/mol. The molecule has 1 aliphatic heterocycles. The highest BCUT2D eigenvalue weighted by Gasteiger charge is 2.27. The van der Waals surface area contributed by atoms with Gasteiger partial charge < -0.3 is 5.73 Å². The molecule has 0 amide bonds. The lowest BCUT2D eigenvalue weighted by atomic mass is 10.1. The molecule has 0 aliphatic carbocycles. The van der Waals surface area contributed by atoms with Crippen molar-refractivity contribution in [3.63, 3.8) is 0 Å². The van der Waals surface area contributed by atoms with Crippen molar-refractivity contribution >= 4 is 5.84 Å². The second-order valence-electron chi connectivity index (χ2n) is 6.35. The van der Waals surface area contributed by atoms with E-state index in [0.717, 1.165) is 19.6 Å². The van der Waals surface area contributed by atoms with Gasteiger partial charge in [0.1, 0.15) is 13.1 Å². The summed E-state index contributed by atoms with van der Waals surface area (Å²) in [6.45, 7) is 9.88. The third kappa shape index (κ3) is 7.30. The lowest BCUT2D eigenvalue weighted by Crippen LogP contribution is -2.30. The van der Waals surface area contributed by atoms with E-state index in [1.165, 1.54) is 77.3 Å². The molecule has 21 heavy (non-hydrogen) atoms. The van der Waals surface area contributed by atoms with Crippen molar-refractivity contribution in [1.29, 1.82) is 0 Å². The number of amidine groups is 1. The number of unbranched alkanes of at least 4 members (excludes halogenated alkanes) is 8. The third-order valence-corrected chi connectivity index (χ3v) is 4.65. The Kier molecular flexibility index (Phi) is 10.6. The van der Waals surface area contributed by atoms with Crippen LogP contribution in [0, 0.1) is 0 Å². The summed E-state index contributed by atoms with van der Waals surface area (Å²) in [5, 5.41) is 0. The fourth-order valence-corrected chi connectivity index (χ4v) is 3.35. The summed E-state index contributed by atoms with van der Waals surface area (Å²) in [7, 11) is 0. The van der Waals surface area contributed by atoms with Gasteiger partial charge in [-0.2, -0.15) is 0 Å². The maximum atomic E-state index is 5.73. The summed E-state index contributed by atoms with van der Waals surface area (Å²) in [5.41, 5.74) is 5.73. The molecule has 0 bridgehead atoms. The Morgan fingerprint density at radius 3 is 2.14 bits per heavy atom.